The van der Waals surface area contributed by atoms with E-state index in [4.69, 9.17) is 10.8 Å². The van der Waals surface area contributed by atoms with Crippen LogP contribution < -0.4 is 11.3 Å². The number of nitrogen functional groups attached to an aromatic ring is 1. The molecule has 0 radical (unpaired) electrons. The van der Waals surface area contributed by atoms with Crippen molar-refractivity contribution < 1.29 is 0 Å². The molecule has 1 aliphatic rings. The molecule has 3 rings (SSSR count). The molecular weight excluding hydrogens is 363 g/mol. The fourth-order valence-corrected chi connectivity index (χ4v) is 3.27. The van der Waals surface area contributed by atoms with Gasteiger partial charge in [0, 0.05) is 26.8 Å². The maximum Gasteiger partial charge on any atom is 0.161 e. The zero-order chi connectivity index (χ0) is 13.9. The van der Waals surface area contributed by atoms with Gasteiger partial charge in [-0.05, 0) is 47.6 Å². The zero-order valence-electron chi connectivity index (χ0n) is 11.1. The first-order chi connectivity index (χ1) is 9.76. The standard InChI is InChI=1S/C15H17IN4/c16-12-7-3-6-11(8-12)15-18-13(9-14(19-15)20-17)10-4-1-2-5-10/h3,6-10H,1-2,4-5,17H2,(H,18,19,20). The van der Waals surface area contributed by atoms with Crippen LogP contribution in [0.5, 0.6) is 0 Å². The molecule has 0 amide bonds. The Hall–Kier alpha value is -1.21. The molecule has 2 aromatic rings. The van der Waals surface area contributed by atoms with Gasteiger partial charge in [0.15, 0.2) is 5.82 Å². The fraction of sp³-hybridized carbons (Fsp3) is 0.333. The van der Waals surface area contributed by atoms with Crippen molar-refractivity contribution in [2.45, 2.75) is 31.6 Å². The Kier molecular flexibility index (Phi) is 4.16. The zero-order valence-corrected chi connectivity index (χ0v) is 13.3. The highest BCUT2D eigenvalue weighted by molar-refractivity contribution is 14.1. The van der Waals surface area contributed by atoms with E-state index in [2.05, 4.69) is 45.1 Å². The summed E-state index contributed by atoms with van der Waals surface area (Å²) in [4.78, 5) is 9.25. The van der Waals surface area contributed by atoms with Crippen molar-refractivity contribution >= 4 is 28.4 Å². The molecule has 104 valence electrons. The third kappa shape index (κ3) is 2.93. The van der Waals surface area contributed by atoms with Crippen LogP contribution in [0.4, 0.5) is 5.82 Å². The lowest BCUT2D eigenvalue weighted by Crippen LogP contribution is -2.11. The number of aromatic nitrogens is 2. The average molecular weight is 380 g/mol. The molecule has 0 saturated heterocycles. The minimum Gasteiger partial charge on any atom is -0.308 e. The smallest absolute Gasteiger partial charge is 0.161 e. The van der Waals surface area contributed by atoms with Gasteiger partial charge in [0.1, 0.15) is 5.82 Å². The van der Waals surface area contributed by atoms with Crippen molar-refractivity contribution in [3.63, 3.8) is 0 Å². The van der Waals surface area contributed by atoms with Crippen LogP contribution in [-0.4, -0.2) is 9.97 Å². The van der Waals surface area contributed by atoms with E-state index in [1.807, 2.05) is 18.2 Å². The Morgan fingerprint density at radius 3 is 2.65 bits per heavy atom. The minimum atomic E-state index is 0.548. The Morgan fingerprint density at radius 1 is 1.15 bits per heavy atom. The molecule has 0 bridgehead atoms. The van der Waals surface area contributed by atoms with Crippen molar-refractivity contribution in [1.82, 2.24) is 9.97 Å². The van der Waals surface area contributed by atoms with Crippen molar-refractivity contribution in [2.24, 2.45) is 5.84 Å². The summed E-state index contributed by atoms with van der Waals surface area (Å²) in [6.07, 6.45) is 5.01. The van der Waals surface area contributed by atoms with Crippen LogP contribution >= 0.6 is 22.6 Å². The molecule has 4 nitrogen and oxygen atoms in total. The number of rotatable bonds is 3. The lowest BCUT2D eigenvalue weighted by Gasteiger charge is -2.12. The Balaban J connectivity index is 2.03. The van der Waals surface area contributed by atoms with E-state index >= 15 is 0 Å². The van der Waals surface area contributed by atoms with Crippen LogP contribution in [0.25, 0.3) is 11.4 Å². The first-order valence-corrected chi connectivity index (χ1v) is 7.95. The maximum atomic E-state index is 5.55. The lowest BCUT2D eigenvalue weighted by molar-refractivity contribution is 0.695. The first-order valence-electron chi connectivity index (χ1n) is 6.88. The van der Waals surface area contributed by atoms with E-state index in [-0.39, 0.29) is 0 Å². The van der Waals surface area contributed by atoms with Crippen LogP contribution in [0.15, 0.2) is 30.3 Å². The van der Waals surface area contributed by atoms with Crippen LogP contribution in [0.1, 0.15) is 37.3 Å². The predicted molar refractivity (Wildman–Crippen MR) is 89.2 cm³/mol. The highest BCUT2D eigenvalue weighted by atomic mass is 127. The minimum absolute atomic E-state index is 0.548. The third-order valence-corrected chi connectivity index (χ3v) is 4.42. The van der Waals surface area contributed by atoms with Crippen LogP contribution in [0.3, 0.4) is 0 Å². The van der Waals surface area contributed by atoms with Crippen molar-refractivity contribution in [3.8, 4) is 11.4 Å². The van der Waals surface area contributed by atoms with Gasteiger partial charge in [0.25, 0.3) is 0 Å². The number of anilines is 1. The summed E-state index contributed by atoms with van der Waals surface area (Å²) in [5.74, 6) is 7.54. The molecule has 1 aliphatic carbocycles. The summed E-state index contributed by atoms with van der Waals surface area (Å²) in [5.41, 5.74) is 4.81. The molecule has 1 aromatic heterocycles. The molecule has 1 heterocycles. The maximum absolute atomic E-state index is 5.55. The van der Waals surface area contributed by atoms with E-state index in [0.717, 1.165) is 17.1 Å². The average Bonchev–Trinajstić information content (AvgIpc) is 3.01. The van der Waals surface area contributed by atoms with E-state index in [0.29, 0.717) is 11.7 Å². The summed E-state index contributed by atoms with van der Waals surface area (Å²) in [7, 11) is 0. The summed E-state index contributed by atoms with van der Waals surface area (Å²) < 4.78 is 1.18. The normalized spacial score (nSPS) is 15.5. The summed E-state index contributed by atoms with van der Waals surface area (Å²) in [5, 5.41) is 0. The van der Waals surface area contributed by atoms with E-state index < -0.39 is 0 Å². The van der Waals surface area contributed by atoms with Gasteiger partial charge < -0.3 is 5.43 Å². The summed E-state index contributed by atoms with van der Waals surface area (Å²) in [6, 6.07) is 10.2. The molecule has 1 aromatic carbocycles. The predicted octanol–water partition coefficient (Wildman–Crippen LogP) is 3.69. The second kappa shape index (κ2) is 6.05. The molecule has 0 aliphatic heterocycles. The number of hydrogen-bond donors (Lipinski definition) is 2. The molecule has 20 heavy (non-hydrogen) atoms. The largest absolute Gasteiger partial charge is 0.308 e. The van der Waals surface area contributed by atoms with Crippen molar-refractivity contribution in [2.75, 3.05) is 5.43 Å². The second-order valence-electron chi connectivity index (χ2n) is 5.14. The molecule has 5 heteroatoms. The van der Waals surface area contributed by atoms with Crippen molar-refractivity contribution in [1.29, 1.82) is 0 Å². The number of benzene rings is 1. The molecule has 1 saturated carbocycles. The number of hydrazine groups is 1. The number of nitrogens with zero attached hydrogens (tertiary/aromatic N) is 2. The van der Waals surface area contributed by atoms with Gasteiger partial charge in [-0.3, -0.25) is 0 Å². The van der Waals surface area contributed by atoms with E-state index in [1.165, 1.54) is 29.3 Å². The first kappa shape index (κ1) is 13.8. The van der Waals surface area contributed by atoms with Crippen LogP contribution in [-0.2, 0) is 0 Å². The van der Waals surface area contributed by atoms with Gasteiger partial charge in [-0.25, -0.2) is 15.8 Å². The Bertz CT molecular complexity index is 609. The van der Waals surface area contributed by atoms with Gasteiger partial charge in [-0.2, -0.15) is 0 Å². The number of nitrogens with one attached hydrogen (secondary N) is 1. The number of nitrogens with two attached hydrogens (primary N) is 1. The van der Waals surface area contributed by atoms with Gasteiger partial charge >= 0.3 is 0 Å². The quantitative estimate of drug-likeness (QED) is 0.484. The van der Waals surface area contributed by atoms with Gasteiger partial charge in [0.05, 0.1) is 0 Å². The highest BCUT2D eigenvalue weighted by Gasteiger charge is 2.20. The third-order valence-electron chi connectivity index (χ3n) is 3.75. The second-order valence-corrected chi connectivity index (χ2v) is 6.38. The van der Waals surface area contributed by atoms with E-state index in [9.17, 15) is 0 Å². The molecule has 3 N–H and O–H groups in total. The lowest BCUT2D eigenvalue weighted by atomic mass is 10.0. The molecule has 0 unspecified atom stereocenters. The van der Waals surface area contributed by atoms with Crippen LogP contribution in [0.2, 0.25) is 0 Å². The highest BCUT2D eigenvalue weighted by Crippen LogP contribution is 2.34. The number of hydrogen-bond acceptors (Lipinski definition) is 4. The molecule has 0 atom stereocenters. The van der Waals surface area contributed by atoms with E-state index in [1.54, 1.807) is 0 Å². The monoisotopic (exact) mass is 380 g/mol. The van der Waals surface area contributed by atoms with Gasteiger partial charge in [-0.1, -0.05) is 25.0 Å². The van der Waals surface area contributed by atoms with Gasteiger partial charge in [0.2, 0.25) is 0 Å². The topological polar surface area (TPSA) is 63.8 Å². The number of halogens is 1. The molecular formula is C15H17IN4. The SMILES string of the molecule is NNc1cc(C2CCCC2)nc(-c2cccc(I)c2)n1. The molecule has 0 spiro atoms. The molecule has 1 fully saturated rings. The summed E-state index contributed by atoms with van der Waals surface area (Å²) >= 11 is 2.30. The van der Waals surface area contributed by atoms with Gasteiger partial charge in [-0.15, -0.1) is 0 Å². The summed E-state index contributed by atoms with van der Waals surface area (Å²) in [6.45, 7) is 0. The fourth-order valence-electron chi connectivity index (χ4n) is 2.73. The Labute approximate surface area is 132 Å². The Morgan fingerprint density at radius 2 is 1.95 bits per heavy atom. The van der Waals surface area contributed by atoms with Crippen LogP contribution in [0, 0.1) is 3.57 Å². The van der Waals surface area contributed by atoms with Crippen molar-refractivity contribution in [3.05, 3.63) is 39.6 Å².